The lowest BCUT2D eigenvalue weighted by Gasteiger charge is -2.14. The quantitative estimate of drug-likeness (QED) is 0.744. The molecule has 0 spiro atoms. The van der Waals surface area contributed by atoms with Crippen LogP contribution in [-0.4, -0.2) is 17.7 Å². The molecular weight excluding hydrogens is 402 g/mol. The van der Waals surface area contributed by atoms with Gasteiger partial charge >= 0.3 is 0 Å². The molecule has 2 aromatic rings. The van der Waals surface area contributed by atoms with E-state index in [9.17, 15) is 13.6 Å². The first-order valence-corrected chi connectivity index (χ1v) is 8.42. The molecule has 1 aliphatic heterocycles. The Kier molecular flexibility index (Phi) is 4.69. The van der Waals surface area contributed by atoms with Gasteiger partial charge in [0.15, 0.2) is 0 Å². The zero-order valence-electron chi connectivity index (χ0n) is 12.5. The van der Waals surface area contributed by atoms with Crippen LogP contribution in [0.15, 0.2) is 39.8 Å². The molecule has 0 fully saturated rings. The highest BCUT2D eigenvalue weighted by molar-refractivity contribution is 9.10. The van der Waals surface area contributed by atoms with Crippen LogP contribution in [0, 0.1) is 11.6 Å². The van der Waals surface area contributed by atoms with Gasteiger partial charge in [-0.1, -0.05) is 24.6 Å². The number of benzene rings is 2. The Bertz CT molecular complexity index is 850. The van der Waals surface area contributed by atoms with Crippen molar-refractivity contribution in [3.8, 4) is 0 Å². The summed E-state index contributed by atoms with van der Waals surface area (Å²) < 4.78 is 29.2. The Hall–Kier alpha value is -1.79. The summed E-state index contributed by atoms with van der Waals surface area (Å²) in [5.41, 5.74) is 0.385. The molecule has 124 valence electrons. The standard InChI is InChI=1S/C17H12BrClF2N2O/c1-2-11-17(24)23-12-7-6-8(18)15(19)14(12)16(22-11)13-9(20)4-3-5-10(13)21/h3-7,11H,2H2,1H3,(H,23,24)/t11-/m0/s1. The molecule has 0 bridgehead atoms. The summed E-state index contributed by atoms with van der Waals surface area (Å²) in [6.45, 7) is 1.77. The van der Waals surface area contributed by atoms with E-state index in [1.807, 2.05) is 0 Å². The first-order valence-electron chi connectivity index (χ1n) is 7.25. The van der Waals surface area contributed by atoms with Crippen LogP contribution in [0.4, 0.5) is 14.5 Å². The van der Waals surface area contributed by atoms with Crippen LogP contribution in [0.2, 0.25) is 5.02 Å². The van der Waals surface area contributed by atoms with Gasteiger partial charge in [0.1, 0.15) is 17.7 Å². The van der Waals surface area contributed by atoms with Gasteiger partial charge in [-0.05, 0) is 46.6 Å². The zero-order chi connectivity index (χ0) is 17.4. The molecule has 1 amide bonds. The second-order valence-electron chi connectivity index (χ2n) is 5.27. The topological polar surface area (TPSA) is 41.5 Å². The minimum absolute atomic E-state index is 0.0251. The number of carbonyl (C=O) groups excluding carboxylic acids is 1. The van der Waals surface area contributed by atoms with Crippen LogP contribution < -0.4 is 5.32 Å². The van der Waals surface area contributed by atoms with Crippen LogP contribution in [-0.2, 0) is 4.79 Å². The molecule has 0 aliphatic carbocycles. The summed E-state index contributed by atoms with van der Waals surface area (Å²) in [5, 5.41) is 2.95. The number of hydrogen-bond acceptors (Lipinski definition) is 2. The van der Waals surface area contributed by atoms with Gasteiger partial charge in [-0.15, -0.1) is 0 Å². The minimum atomic E-state index is -0.764. The number of fused-ring (bicyclic) bond motifs is 1. The van der Waals surface area contributed by atoms with Gasteiger partial charge in [0.05, 0.1) is 22.0 Å². The van der Waals surface area contributed by atoms with Crippen molar-refractivity contribution in [2.75, 3.05) is 5.32 Å². The van der Waals surface area contributed by atoms with Crippen LogP contribution in [0.25, 0.3) is 0 Å². The fourth-order valence-electron chi connectivity index (χ4n) is 2.57. The smallest absolute Gasteiger partial charge is 0.249 e. The second-order valence-corrected chi connectivity index (χ2v) is 6.50. The van der Waals surface area contributed by atoms with Crippen LogP contribution in [0.3, 0.4) is 0 Å². The van der Waals surface area contributed by atoms with Crippen molar-refractivity contribution in [3.63, 3.8) is 0 Å². The lowest BCUT2D eigenvalue weighted by molar-refractivity contribution is -0.117. The molecule has 2 aromatic carbocycles. The number of nitrogens with zero attached hydrogens (tertiary/aromatic N) is 1. The largest absolute Gasteiger partial charge is 0.324 e. The van der Waals surface area contributed by atoms with Gasteiger partial charge in [0.25, 0.3) is 0 Å². The summed E-state index contributed by atoms with van der Waals surface area (Å²) >= 11 is 9.64. The van der Waals surface area contributed by atoms with Gasteiger partial charge in [-0.2, -0.15) is 0 Å². The number of benzodiazepines with no additional fused rings is 1. The maximum absolute atomic E-state index is 14.3. The van der Waals surface area contributed by atoms with Crippen molar-refractivity contribution < 1.29 is 13.6 Å². The average molecular weight is 414 g/mol. The number of halogens is 4. The Morgan fingerprint density at radius 1 is 1.21 bits per heavy atom. The highest BCUT2D eigenvalue weighted by Gasteiger charge is 2.29. The predicted octanol–water partition coefficient (Wildman–Crippen LogP) is 4.95. The number of aliphatic imine (C=N–C) groups is 1. The number of rotatable bonds is 2. The highest BCUT2D eigenvalue weighted by atomic mass is 79.9. The first kappa shape index (κ1) is 17.0. The first-order chi connectivity index (χ1) is 11.4. The van der Waals surface area contributed by atoms with E-state index in [-0.39, 0.29) is 22.2 Å². The number of nitrogens with one attached hydrogen (secondary N) is 1. The molecule has 1 heterocycles. The number of carbonyl (C=O) groups is 1. The third-order valence-electron chi connectivity index (χ3n) is 3.76. The van der Waals surface area contributed by atoms with Gasteiger partial charge in [0.2, 0.25) is 5.91 Å². The molecule has 0 saturated heterocycles. The van der Waals surface area contributed by atoms with Crippen LogP contribution in [0.1, 0.15) is 24.5 Å². The lowest BCUT2D eigenvalue weighted by atomic mass is 9.99. The highest BCUT2D eigenvalue weighted by Crippen LogP contribution is 2.36. The van der Waals surface area contributed by atoms with Crippen LogP contribution >= 0.6 is 27.5 Å². The monoisotopic (exact) mass is 412 g/mol. The van der Waals surface area contributed by atoms with Crippen molar-refractivity contribution in [2.24, 2.45) is 4.99 Å². The summed E-state index contributed by atoms with van der Waals surface area (Å²) in [6.07, 6.45) is 0.387. The molecule has 1 aliphatic rings. The van der Waals surface area contributed by atoms with Crippen molar-refractivity contribution in [1.29, 1.82) is 0 Å². The van der Waals surface area contributed by atoms with Crippen molar-refractivity contribution >= 4 is 44.8 Å². The maximum atomic E-state index is 14.3. The van der Waals surface area contributed by atoms with E-state index in [2.05, 4.69) is 26.2 Å². The zero-order valence-corrected chi connectivity index (χ0v) is 14.9. The summed E-state index contributed by atoms with van der Waals surface area (Å²) in [5.74, 6) is -1.87. The van der Waals surface area contributed by atoms with Crippen molar-refractivity contribution in [1.82, 2.24) is 0 Å². The fourth-order valence-corrected chi connectivity index (χ4v) is 3.16. The van der Waals surface area contributed by atoms with E-state index < -0.39 is 17.7 Å². The summed E-state index contributed by atoms with van der Waals surface area (Å²) in [7, 11) is 0. The second kappa shape index (κ2) is 6.61. The third-order valence-corrected chi connectivity index (χ3v) is 5.05. The number of anilines is 1. The molecule has 3 rings (SSSR count). The molecule has 0 saturated carbocycles. The molecular formula is C17H12BrClF2N2O. The van der Waals surface area contributed by atoms with E-state index in [1.54, 1.807) is 19.1 Å². The van der Waals surface area contributed by atoms with Crippen molar-refractivity contribution in [3.05, 3.63) is 62.6 Å². The molecule has 0 radical (unpaired) electrons. The van der Waals surface area contributed by atoms with Gasteiger partial charge in [0, 0.05) is 10.0 Å². The number of hydrogen-bond donors (Lipinski definition) is 1. The van der Waals surface area contributed by atoms with E-state index in [0.717, 1.165) is 12.1 Å². The molecule has 24 heavy (non-hydrogen) atoms. The Balaban J connectivity index is 2.37. The molecule has 3 nitrogen and oxygen atoms in total. The number of amides is 1. The van der Waals surface area contributed by atoms with E-state index in [4.69, 9.17) is 11.6 Å². The Morgan fingerprint density at radius 3 is 2.50 bits per heavy atom. The lowest BCUT2D eigenvalue weighted by Crippen LogP contribution is -2.24. The summed E-state index contributed by atoms with van der Waals surface area (Å²) in [4.78, 5) is 16.6. The fraction of sp³-hybridized carbons (Fsp3) is 0.176. The van der Waals surface area contributed by atoms with Gasteiger partial charge in [-0.3, -0.25) is 9.79 Å². The summed E-state index contributed by atoms with van der Waals surface area (Å²) in [6, 6.07) is 6.08. The maximum Gasteiger partial charge on any atom is 0.249 e. The van der Waals surface area contributed by atoms with Crippen LogP contribution in [0.5, 0.6) is 0 Å². The normalized spacial score (nSPS) is 17.0. The molecule has 0 aromatic heterocycles. The predicted molar refractivity (Wildman–Crippen MR) is 93.9 cm³/mol. The SMILES string of the molecule is CC[C@@H]1N=C(c2c(F)cccc2F)c2c(ccc(Br)c2Cl)NC1=O. The Labute approximate surface area is 150 Å². The molecule has 1 N–H and O–H groups in total. The van der Waals surface area contributed by atoms with Crippen molar-refractivity contribution in [2.45, 2.75) is 19.4 Å². The van der Waals surface area contributed by atoms with Gasteiger partial charge in [-0.25, -0.2) is 8.78 Å². The third kappa shape index (κ3) is 2.84. The average Bonchev–Trinajstić information content (AvgIpc) is 2.68. The van der Waals surface area contributed by atoms with E-state index >= 15 is 0 Å². The Morgan fingerprint density at radius 2 is 1.88 bits per heavy atom. The van der Waals surface area contributed by atoms with E-state index in [0.29, 0.717) is 22.1 Å². The molecule has 1 atom stereocenters. The molecule has 0 unspecified atom stereocenters. The van der Waals surface area contributed by atoms with Gasteiger partial charge < -0.3 is 5.32 Å². The van der Waals surface area contributed by atoms with E-state index in [1.165, 1.54) is 6.07 Å². The molecule has 7 heteroatoms. The minimum Gasteiger partial charge on any atom is -0.324 e.